The number of carboxylic acids is 4. The van der Waals surface area contributed by atoms with Crippen LogP contribution in [0, 0.1) is 11.8 Å². The van der Waals surface area contributed by atoms with Crippen LogP contribution in [0.4, 0.5) is 0 Å². The number of hydrogen-bond acceptors (Lipinski definition) is 15. The van der Waals surface area contributed by atoms with Crippen molar-refractivity contribution >= 4 is 29.7 Å². The summed E-state index contributed by atoms with van der Waals surface area (Å²) in [7, 11) is 0. The molecule has 0 amide bonds. The molecule has 0 aromatic heterocycles. The SMILES string of the molecule is C1CNC(C2CN3CCC2CC3)=N1.O=C([O-])[C@H](O)[C@@H](O)C(=O)[O-].O=C([O-])[C@H](O)[C@@H](O)C(=O)[O-]. The predicted octanol–water partition coefficient (Wildman–Crippen LogP) is -9.25. The number of aliphatic carboxylic acids is 4. The smallest absolute Gasteiger partial charge is 0.124 e. The van der Waals surface area contributed by atoms with Crippen molar-refractivity contribution in [3.63, 3.8) is 0 Å². The number of hydrogen-bond donors (Lipinski definition) is 5. The Kier molecular flexibility index (Phi) is 11.1. The van der Waals surface area contributed by atoms with Gasteiger partial charge in [0.2, 0.25) is 0 Å². The number of aliphatic hydroxyl groups is 4. The summed E-state index contributed by atoms with van der Waals surface area (Å²) in [6, 6.07) is 0. The number of carbonyl (C=O) groups excluding carboxylic acids is 4. The third-order valence-electron chi connectivity index (χ3n) is 5.27. The molecule has 0 aromatic rings. The maximum atomic E-state index is 9.63. The summed E-state index contributed by atoms with van der Waals surface area (Å²) < 4.78 is 0. The summed E-state index contributed by atoms with van der Waals surface area (Å²) in [6.07, 6.45) is -6.97. The number of aliphatic imine (C=N–C) groups is 1. The molecule has 15 heteroatoms. The largest absolute Gasteiger partial charge is 0.547 e. The van der Waals surface area contributed by atoms with Crippen molar-refractivity contribution in [2.75, 3.05) is 32.7 Å². The summed E-state index contributed by atoms with van der Waals surface area (Å²) >= 11 is 0. The maximum Gasteiger partial charge on any atom is 0.124 e. The fraction of sp³-hybridized carbons (Fsp3) is 0.722. The van der Waals surface area contributed by atoms with E-state index < -0.39 is 48.3 Å². The number of nitrogens with one attached hydrogen (secondary N) is 1. The Hall–Kier alpha value is -2.85. The average Bonchev–Trinajstić information content (AvgIpc) is 3.33. The zero-order chi connectivity index (χ0) is 25.3. The first-order valence-corrected chi connectivity index (χ1v) is 9.93. The standard InChI is InChI=1S/C10H17N3.2C4H6O6/c1-5-13-6-2-8(1)9(7-13)10-11-3-4-12-10;2*5-1(3(7)8)2(6)4(9)10/h8-9H,1-7H2,(H,11,12);2*1-2,5-6H,(H,7,8)(H,9,10)/p-4/t;2*1-,2-/m.11/s1. The first-order valence-electron chi connectivity index (χ1n) is 9.93. The van der Waals surface area contributed by atoms with Crippen molar-refractivity contribution in [1.29, 1.82) is 0 Å². The van der Waals surface area contributed by atoms with E-state index in [-0.39, 0.29) is 0 Å². The highest BCUT2D eigenvalue weighted by Gasteiger charge is 2.37. The number of piperidine rings is 3. The van der Waals surface area contributed by atoms with Crippen LogP contribution in [0.15, 0.2) is 4.99 Å². The molecule has 1 unspecified atom stereocenters. The molecular weight excluding hydrogens is 450 g/mol. The van der Waals surface area contributed by atoms with Gasteiger partial charge in [-0.2, -0.15) is 0 Å². The molecule has 4 aliphatic rings. The van der Waals surface area contributed by atoms with Crippen molar-refractivity contribution in [3.8, 4) is 0 Å². The molecule has 4 aliphatic heterocycles. The van der Waals surface area contributed by atoms with Gasteiger partial charge in [-0.05, 0) is 31.8 Å². The van der Waals surface area contributed by atoms with Gasteiger partial charge >= 0.3 is 0 Å². The lowest BCUT2D eigenvalue weighted by Crippen LogP contribution is -2.51. The fourth-order valence-corrected chi connectivity index (χ4v) is 3.46. The number of nitrogens with zero attached hydrogens (tertiary/aromatic N) is 2. The van der Waals surface area contributed by atoms with Crippen molar-refractivity contribution < 1.29 is 60.0 Å². The van der Waals surface area contributed by atoms with Gasteiger partial charge in [0.1, 0.15) is 30.3 Å². The number of aliphatic hydroxyl groups excluding tert-OH is 4. The molecule has 3 saturated heterocycles. The zero-order valence-corrected chi connectivity index (χ0v) is 17.4. The van der Waals surface area contributed by atoms with Crippen LogP contribution in [0.3, 0.4) is 0 Å². The summed E-state index contributed by atoms with van der Waals surface area (Å²) in [5.74, 6) is -5.25. The zero-order valence-electron chi connectivity index (χ0n) is 17.4. The third-order valence-corrected chi connectivity index (χ3v) is 5.27. The lowest BCUT2D eigenvalue weighted by Gasteiger charge is -2.44. The second-order valence-corrected chi connectivity index (χ2v) is 7.49. The van der Waals surface area contributed by atoms with E-state index in [1.165, 1.54) is 38.3 Å². The topological polar surface area (TPSA) is 269 Å². The summed E-state index contributed by atoms with van der Waals surface area (Å²) in [5.41, 5.74) is 0. The molecule has 4 rings (SSSR count). The van der Waals surface area contributed by atoms with Gasteiger partial charge in [-0.1, -0.05) is 0 Å². The van der Waals surface area contributed by atoms with Crippen molar-refractivity contribution in [2.45, 2.75) is 37.3 Å². The number of carbonyl (C=O) groups is 4. The van der Waals surface area contributed by atoms with Crippen LogP contribution in [0.2, 0.25) is 0 Å². The quantitative estimate of drug-likeness (QED) is 0.229. The lowest BCUT2D eigenvalue weighted by atomic mass is 9.78. The third kappa shape index (κ3) is 8.54. The Balaban J connectivity index is 0.000000253. The van der Waals surface area contributed by atoms with Crippen molar-refractivity contribution in [1.82, 2.24) is 10.2 Å². The van der Waals surface area contributed by atoms with E-state index in [2.05, 4.69) is 15.2 Å². The molecule has 33 heavy (non-hydrogen) atoms. The average molecular weight is 475 g/mol. The van der Waals surface area contributed by atoms with E-state index in [1.54, 1.807) is 0 Å². The first kappa shape index (κ1) is 28.2. The highest BCUT2D eigenvalue weighted by Crippen LogP contribution is 2.33. The van der Waals surface area contributed by atoms with Crippen LogP contribution in [-0.4, -0.2) is 112 Å². The van der Waals surface area contributed by atoms with Gasteiger partial charge in [0, 0.05) is 19.0 Å². The summed E-state index contributed by atoms with van der Waals surface area (Å²) in [5, 5.41) is 74.9. The first-order chi connectivity index (χ1) is 15.4. The van der Waals surface area contributed by atoms with Crippen molar-refractivity contribution in [3.05, 3.63) is 0 Å². The number of carboxylic acid groups (broad SMARTS) is 4. The van der Waals surface area contributed by atoms with E-state index in [0.29, 0.717) is 0 Å². The monoisotopic (exact) mass is 475 g/mol. The number of amidine groups is 1. The molecule has 188 valence electrons. The number of rotatable bonds is 7. The van der Waals surface area contributed by atoms with Crippen LogP contribution in [0.5, 0.6) is 0 Å². The van der Waals surface area contributed by atoms with Crippen LogP contribution < -0.4 is 25.7 Å². The van der Waals surface area contributed by atoms with Crippen LogP contribution in [0.25, 0.3) is 0 Å². The van der Waals surface area contributed by atoms with E-state index in [4.69, 9.17) is 20.4 Å². The molecule has 0 radical (unpaired) electrons. The van der Waals surface area contributed by atoms with Crippen molar-refractivity contribution in [2.24, 2.45) is 16.8 Å². The van der Waals surface area contributed by atoms with E-state index in [1.807, 2.05) is 0 Å². The van der Waals surface area contributed by atoms with Crippen LogP contribution in [0.1, 0.15) is 12.8 Å². The van der Waals surface area contributed by atoms with Gasteiger partial charge in [0.15, 0.2) is 0 Å². The van der Waals surface area contributed by atoms with Crippen LogP contribution in [-0.2, 0) is 19.2 Å². The van der Waals surface area contributed by atoms with Gasteiger partial charge in [0.25, 0.3) is 0 Å². The Labute approximate surface area is 187 Å². The van der Waals surface area contributed by atoms with E-state index >= 15 is 0 Å². The minimum atomic E-state index is -2.44. The van der Waals surface area contributed by atoms with Gasteiger partial charge in [-0.3, -0.25) is 4.99 Å². The second-order valence-electron chi connectivity index (χ2n) is 7.49. The molecule has 0 spiro atoms. The molecule has 0 saturated carbocycles. The van der Waals surface area contributed by atoms with Crippen LogP contribution >= 0.6 is 0 Å². The Bertz CT molecular complexity index is 665. The molecule has 2 bridgehead atoms. The highest BCUT2D eigenvalue weighted by molar-refractivity contribution is 5.86. The van der Waals surface area contributed by atoms with Gasteiger partial charge in [0.05, 0.1) is 30.4 Å². The van der Waals surface area contributed by atoms with E-state index in [9.17, 15) is 39.6 Å². The molecule has 3 fully saturated rings. The lowest BCUT2D eigenvalue weighted by molar-refractivity contribution is -0.333. The molecule has 0 aliphatic carbocycles. The van der Waals surface area contributed by atoms with Gasteiger partial charge < -0.3 is 70.2 Å². The minimum absolute atomic E-state index is 0.741. The summed E-state index contributed by atoms with van der Waals surface area (Å²) in [6.45, 7) is 5.98. The maximum absolute atomic E-state index is 9.63. The normalized spacial score (nSPS) is 26.5. The number of fused-ring (bicyclic) bond motifs is 3. The molecule has 15 nitrogen and oxygen atoms in total. The Morgan fingerprint density at radius 2 is 1.21 bits per heavy atom. The fourth-order valence-electron chi connectivity index (χ4n) is 3.46. The Morgan fingerprint density at radius 1 is 0.818 bits per heavy atom. The predicted molar refractivity (Wildman–Crippen MR) is 97.0 cm³/mol. The second kappa shape index (κ2) is 13.0. The molecular formula is C18H25N3O12-4. The summed E-state index contributed by atoms with van der Waals surface area (Å²) in [4.78, 5) is 45.7. The molecule has 5 atom stereocenters. The Morgan fingerprint density at radius 3 is 1.45 bits per heavy atom. The van der Waals surface area contributed by atoms with E-state index in [0.717, 1.165) is 24.9 Å². The van der Waals surface area contributed by atoms with Gasteiger partial charge in [-0.25, -0.2) is 0 Å². The highest BCUT2D eigenvalue weighted by atomic mass is 16.4. The molecule has 5 N–H and O–H groups in total. The van der Waals surface area contributed by atoms with Gasteiger partial charge in [-0.15, -0.1) is 0 Å². The molecule has 4 heterocycles. The molecule has 0 aromatic carbocycles. The minimum Gasteiger partial charge on any atom is -0.547 e.